The van der Waals surface area contributed by atoms with Crippen LogP contribution >= 0.6 is 0 Å². The number of anilines is 1. The summed E-state index contributed by atoms with van der Waals surface area (Å²) in [6.07, 6.45) is 0. The van der Waals surface area contributed by atoms with E-state index in [1.165, 1.54) is 12.1 Å². The average Bonchev–Trinajstić information content (AvgIpc) is 2.38. The summed E-state index contributed by atoms with van der Waals surface area (Å²) in [4.78, 5) is 22.4. The van der Waals surface area contributed by atoms with Crippen LogP contribution in [0.2, 0.25) is 0 Å². The number of benzene rings is 1. The molecule has 1 rings (SSSR count). The summed E-state index contributed by atoms with van der Waals surface area (Å²) in [5.74, 6) is -1.46. The number of hydrogen-bond donors (Lipinski definition) is 4. The van der Waals surface area contributed by atoms with E-state index in [1.54, 1.807) is 6.92 Å². The molecule has 0 aliphatic heterocycles. The van der Waals surface area contributed by atoms with Crippen LogP contribution in [0.4, 0.5) is 10.5 Å². The molecule has 0 saturated heterocycles. The van der Waals surface area contributed by atoms with Gasteiger partial charge in [-0.15, -0.1) is 0 Å². The topological polar surface area (TPSA) is 108 Å². The number of amides is 2. The molecule has 1 aromatic rings. The van der Waals surface area contributed by atoms with Crippen molar-refractivity contribution < 1.29 is 24.5 Å². The Morgan fingerprint density at radius 3 is 2.65 bits per heavy atom. The van der Waals surface area contributed by atoms with Gasteiger partial charge >= 0.3 is 12.0 Å². The lowest BCUT2D eigenvalue weighted by molar-refractivity contribution is 0.0696. The normalized spacial score (nSPS) is 11.7. The van der Waals surface area contributed by atoms with E-state index in [4.69, 9.17) is 9.84 Å². The molecule has 1 unspecified atom stereocenters. The Balaban J connectivity index is 2.60. The number of carboxylic acid groups (broad SMARTS) is 1. The first-order valence-electron chi connectivity index (χ1n) is 6.15. The summed E-state index contributed by atoms with van der Waals surface area (Å²) in [5.41, 5.74) is 0.0780. The second-order valence-corrected chi connectivity index (χ2v) is 4.20. The zero-order valence-corrected chi connectivity index (χ0v) is 11.3. The van der Waals surface area contributed by atoms with Crippen molar-refractivity contribution in [3.8, 4) is 5.75 Å². The number of nitrogens with one attached hydrogen (secondary N) is 2. The van der Waals surface area contributed by atoms with E-state index in [9.17, 15) is 14.7 Å². The molecular weight excluding hydrogens is 264 g/mol. The van der Waals surface area contributed by atoms with Crippen molar-refractivity contribution in [3.63, 3.8) is 0 Å². The number of hydrogen-bond acceptors (Lipinski definition) is 4. The van der Waals surface area contributed by atoms with Crippen molar-refractivity contribution in [2.75, 3.05) is 18.5 Å². The smallest absolute Gasteiger partial charge is 0.335 e. The number of ether oxygens (including phenoxy) is 1. The minimum atomic E-state index is -1.15. The SMILES string of the molecule is CCOCC(C)NC(=O)Nc1ccc(C(=O)O)cc1O. The molecule has 0 aliphatic rings. The summed E-state index contributed by atoms with van der Waals surface area (Å²) < 4.78 is 5.16. The highest BCUT2D eigenvalue weighted by molar-refractivity contribution is 5.93. The van der Waals surface area contributed by atoms with Gasteiger partial charge in [-0.25, -0.2) is 9.59 Å². The van der Waals surface area contributed by atoms with Gasteiger partial charge in [0, 0.05) is 6.61 Å². The molecule has 7 heteroatoms. The van der Waals surface area contributed by atoms with Gasteiger partial charge in [-0.05, 0) is 32.0 Å². The van der Waals surface area contributed by atoms with Crippen molar-refractivity contribution in [3.05, 3.63) is 23.8 Å². The molecule has 0 aliphatic carbocycles. The Morgan fingerprint density at radius 2 is 2.10 bits per heavy atom. The second-order valence-electron chi connectivity index (χ2n) is 4.20. The van der Waals surface area contributed by atoms with Crippen molar-refractivity contribution in [2.24, 2.45) is 0 Å². The fraction of sp³-hybridized carbons (Fsp3) is 0.385. The van der Waals surface area contributed by atoms with E-state index in [0.717, 1.165) is 6.07 Å². The first kappa shape index (κ1) is 15.8. The van der Waals surface area contributed by atoms with Crippen LogP contribution in [0.5, 0.6) is 5.75 Å². The summed E-state index contributed by atoms with van der Waals surface area (Å²) in [6.45, 7) is 4.58. The first-order chi connectivity index (χ1) is 9.43. The van der Waals surface area contributed by atoms with E-state index >= 15 is 0 Å². The molecule has 110 valence electrons. The lowest BCUT2D eigenvalue weighted by Gasteiger charge is -2.15. The maximum absolute atomic E-state index is 11.7. The van der Waals surface area contributed by atoms with Crippen LogP contribution in [0.15, 0.2) is 18.2 Å². The summed E-state index contributed by atoms with van der Waals surface area (Å²) in [7, 11) is 0. The highest BCUT2D eigenvalue weighted by atomic mass is 16.5. The van der Waals surface area contributed by atoms with Crippen LogP contribution in [-0.4, -0.2) is 41.5 Å². The number of phenols is 1. The van der Waals surface area contributed by atoms with Gasteiger partial charge in [-0.2, -0.15) is 0 Å². The second kappa shape index (κ2) is 7.34. The summed E-state index contributed by atoms with van der Waals surface area (Å²) >= 11 is 0. The highest BCUT2D eigenvalue weighted by Crippen LogP contribution is 2.24. The molecule has 0 heterocycles. The molecule has 0 aromatic heterocycles. The standard InChI is InChI=1S/C13H18N2O5/c1-3-20-7-8(2)14-13(19)15-10-5-4-9(12(17)18)6-11(10)16/h4-6,8,16H,3,7H2,1-2H3,(H,17,18)(H2,14,15,19). The lowest BCUT2D eigenvalue weighted by atomic mass is 10.2. The Hall–Kier alpha value is -2.28. The number of phenolic OH excluding ortho intramolecular Hbond substituents is 1. The molecule has 1 aromatic carbocycles. The monoisotopic (exact) mass is 282 g/mol. The fourth-order valence-electron chi connectivity index (χ4n) is 1.49. The number of rotatable bonds is 6. The van der Waals surface area contributed by atoms with E-state index in [-0.39, 0.29) is 23.0 Å². The van der Waals surface area contributed by atoms with Crippen LogP contribution in [0.1, 0.15) is 24.2 Å². The van der Waals surface area contributed by atoms with Crippen molar-refractivity contribution in [1.82, 2.24) is 5.32 Å². The zero-order valence-electron chi connectivity index (χ0n) is 11.3. The quantitative estimate of drug-likeness (QED) is 0.593. The van der Waals surface area contributed by atoms with E-state index < -0.39 is 12.0 Å². The maximum atomic E-state index is 11.7. The third-order valence-corrected chi connectivity index (χ3v) is 2.44. The summed E-state index contributed by atoms with van der Waals surface area (Å²) in [6, 6.07) is 3.00. The number of urea groups is 1. The molecule has 0 bridgehead atoms. The number of carboxylic acids is 1. The van der Waals surface area contributed by atoms with Gasteiger partial charge in [0.05, 0.1) is 23.9 Å². The molecule has 0 radical (unpaired) electrons. The van der Waals surface area contributed by atoms with Crippen molar-refractivity contribution in [1.29, 1.82) is 0 Å². The molecule has 4 N–H and O–H groups in total. The van der Waals surface area contributed by atoms with Gasteiger partial charge in [0.25, 0.3) is 0 Å². The fourth-order valence-corrected chi connectivity index (χ4v) is 1.49. The van der Waals surface area contributed by atoms with Crippen LogP contribution in [-0.2, 0) is 4.74 Å². The number of aromatic carboxylic acids is 1. The first-order valence-corrected chi connectivity index (χ1v) is 6.15. The minimum Gasteiger partial charge on any atom is -0.506 e. The van der Waals surface area contributed by atoms with Gasteiger partial charge in [-0.3, -0.25) is 0 Å². The number of carbonyl (C=O) groups excluding carboxylic acids is 1. The molecule has 0 spiro atoms. The van der Waals surface area contributed by atoms with E-state index in [1.807, 2.05) is 6.92 Å². The van der Waals surface area contributed by atoms with Crippen LogP contribution < -0.4 is 10.6 Å². The number of aromatic hydroxyl groups is 1. The van der Waals surface area contributed by atoms with Crippen molar-refractivity contribution >= 4 is 17.7 Å². The number of carbonyl (C=O) groups is 2. The van der Waals surface area contributed by atoms with Gasteiger partial charge in [0.2, 0.25) is 0 Å². The Kier molecular flexibility index (Phi) is 5.79. The van der Waals surface area contributed by atoms with Gasteiger partial charge < -0.3 is 25.6 Å². The van der Waals surface area contributed by atoms with Crippen LogP contribution in [0.25, 0.3) is 0 Å². The van der Waals surface area contributed by atoms with E-state index in [2.05, 4.69) is 10.6 Å². The molecule has 2 amide bonds. The molecule has 0 fully saturated rings. The Morgan fingerprint density at radius 1 is 1.40 bits per heavy atom. The third kappa shape index (κ3) is 4.77. The average molecular weight is 282 g/mol. The van der Waals surface area contributed by atoms with Crippen LogP contribution in [0.3, 0.4) is 0 Å². The highest BCUT2D eigenvalue weighted by Gasteiger charge is 2.11. The Bertz CT molecular complexity index is 490. The predicted molar refractivity (Wildman–Crippen MR) is 73.2 cm³/mol. The minimum absolute atomic E-state index is 0.0572. The predicted octanol–water partition coefficient (Wildman–Crippen LogP) is 1.64. The summed E-state index contributed by atoms with van der Waals surface area (Å²) in [5, 5.41) is 23.5. The lowest BCUT2D eigenvalue weighted by Crippen LogP contribution is -2.38. The molecular formula is C13H18N2O5. The molecule has 1 atom stereocenters. The zero-order chi connectivity index (χ0) is 15.1. The molecule has 7 nitrogen and oxygen atoms in total. The van der Waals surface area contributed by atoms with Crippen molar-refractivity contribution in [2.45, 2.75) is 19.9 Å². The van der Waals surface area contributed by atoms with Gasteiger partial charge in [0.1, 0.15) is 5.75 Å². The van der Waals surface area contributed by atoms with Gasteiger partial charge in [0.15, 0.2) is 0 Å². The van der Waals surface area contributed by atoms with E-state index in [0.29, 0.717) is 13.2 Å². The van der Waals surface area contributed by atoms with Gasteiger partial charge in [-0.1, -0.05) is 0 Å². The Labute approximate surface area is 116 Å². The molecule has 0 saturated carbocycles. The van der Waals surface area contributed by atoms with Crippen LogP contribution in [0, 0.1) is 0 Å². The molecule has 20 heavy (non-hydrogen) atoms. The largest absolute Gasteiger partial charge is 0.506 e. The third-order valence-electron chi connectivity index (χ3n) is 2.44. The maximum Gasteiger partial charge on any atom is 0.335 e.